The first-order valence-corrected chi connectivity index (χ1v) is 7.72. The highest BCUT2D eigenvalue weighted by Crippen LogP contribution is 2.20. The van der Waals surface area contributed by atoms with Gasteiger partial charge in [-0.1, -0.05) is 6.07 Å². The van der Waals surface area contributed by atoms with Gasteiger partial charge in [-0.3, -0.25) is 4.79 Å². The smallest absolute Gasteiger partial charge is 0.335 e. The molecule has 0 aliphatic heterocycles. The molecule has 1 aromatic rings. The molecule has 0 radical (unpaired) electrons. The molecule has 6 nitrogen and oxygen atoms in total. The Bertz CT molecular complexity index is 528. The number of rotatable bonds is 10. The molecule has 0 atom stereocenters. The van der Waals surface area contributed by atoms with Crippen LogP contribution < -0.4 is 10.1 Å². The average Bonchev–Trinajstić information content (AvgIpc) is 2.51. The predicted octanol–water partition coefficient (Wildman–Crippen LogP) is 2.26. The SMILES string of the molecule is COc1cc(C(=O)O)ccc1CCNC(=O)CCCOC(C)C. The minimum atomic E-state index is -0.994. The first-order chi connectivity index (χ1) is 10.9. The van der Waals surface area contributed by atoms with Crippen LogP contribution in [0.4, 0.5) is 0 Å². The summed E-state index contributed by atoms with van der Waals surface area (Å²) in [6.45, 7) is 4.98. The van der Waals surface area contributed by atoms with E-state index in [0.29, 0.717) is 38.2 Å². The van der Waals surface area contributed by atoms with Gasteiger partial charge >= 0.3 is 5.97 Å². The van der Waals surface area contributed by atoms with Crippen LogP contribution in [0.3, 0.4) is 0 Å². The summed E-state index contributed by atoms with van der Waals surface area (Å²) in [5, 5.41) is 11.8. The van der Waals surface area contributed by atoms with E-state index >= 15 is 0 Å². The lowest BCUT2D eigenvalue weighted by Gasteiger charge is -2.11. The lowest BCUT2D eigenvalue weighted by atomic mass is 10.1. The van der Waals surface area contributed by atoms with Gasteiger partial charge in [-0.25, -0.2) is 4.79 Å². The van der Waals surface area contributed by atoms with E-state index in [1.807, 2.05) is 13.8 Å². The first kappa shape index (κ1) is 19.0. The summed E-state index contributed by atoms with van der Waals surface area (Å²) < 4.78 is 10.6. The normalized spacial score (nSPS) is 10.6. The number of carboxylic acid groups (broad SMARTS) is 1. The summed E-state index contributed by atoms with van der Waals surface area (Å²) in [5.74, 6) is -0.491. The molecule has 2 N–H and O–H groups in total. The molecule has 0 saturated heterocycles. The quantitative estimate of drug-likeness (QED) is 0.645. The fourth-order valence-corrected chi connectivity index (χ4v) is 2.06. The number of amides is 1. The summed E-state index contributed by atoms with van der Waals surface area (Å²) in [6.07, 6.45) is 1.89. The molecule has 0 spiro atoms. The molecule has 0 aromatic heterocycles. The number of carboxylic acids is 1. The molecule has 128 valence electrons. The van der Waals surface area contributed by atoms with Crippen molar-refractivity contribution < 1.29 is 24.2 Å². The molecular formula is C17H25NO5. The Hall–Kier alpha value is -2.08. The third kappa shape index (κ3) is 7.15. The maximum Gasteiger partial charge on any atom is 0.335 e. The second-order valence-corrected chi connectivity index (χ2v) is 5.45. The van der Waals surface area contributed by atoms with Gasteiger partial charge in [-0.05, 0) is 44.4 Å². The van der Waals surface area contributed by atoms with E-state index in [2.05, 4.69) is 5.32 Å². The molecule has 0 bridgehead atoms. The summed E-state index contributed by atoms with van der Waals surface area (Å²) in [7, 11) is 1.50. The third-order valence-electron chi connectivity index (χ3n) is 3.25. The fourth-order valence-electron chi connectivity index (χ4n) is 2.06. The van der Waals surface area contributed by atoms with Crippen molar-refractivity contribution >= 4 is 11.9 Å². The van der Waals surface area contributed by atoms with Gasteiger partial charge in [0.25, 0.3) is 0 Å². The zero-order valence-electron chi connectivity index (χ0n) is 13.9. The van der Waals surface area contributed by atoms with E-state index in [1.54, 1.807) is 6.07 Å². The number of hydrogen-bond acceptors (Lipinski definition) is 4. The highest BCUT2D eigenvalue weighted by atomic mass is 16.5. The topological polar surface area (TPSA) is 84.9 Å². The maximum atomic E-state index is 11.7. The molecule has 1 rings (SSSR count). The van der Waals surface area contributed by atoms with Gasteiger partial charge in [0.15, 0.2) is 0 Å². The lowest BCUT2D eigenvalue weighted by molar-refractivity contribution is -0.121. The number of aromatic carboxylic acids is 1. The maximum absolute atomic E-state index is 11.7. The van der Waals surface area contributed by atoms with Crippen LogP contribution in [0.25, 0.3) is 0 Å². The third-order valence-corrected chi connectivity index (χ3v) is 3.25. The Morgan fingerprint density at radius 1 is 1.30 bits per heavy atom. The van der Waals surface area contributed by atoms with Crippen molar-refractivity contribution in [1.29, 1.82) is 0 Å². The van der Waals surface area contributed by atoms with E-state index in [1.165, 1.54) is 19.2 Å². The van der Waals surface area contributed by atoms with Gasteiger partial charge in [0.1, 0.15) is 5.75 Å². The summed E-state index contributed by atoms with van der Waals surface area (Å²) in [4.78, 5) is 22.6. The van der Waals surface area contributed by atoms with Gasteiger partial charge in [0, 0.05) is 19.6 Å². The monoisotopic (exact) mass is 323 g/mol. The van der Waals surface area contributed by atoms with Crippen molar-refractivity contribution in [2.75, 3.05) is 20.3 Å². The minimum Gasteiger partial charge on any atom is -0.496 e. The van der Waals surface area contributed by atoms with Gasteiger partial charge in [0.2, 0.25) is 5.91 Å². The van der Waals surface area contributed by atoms with Crippen LogP contribution in [0, 0.1) is 0 Å². The first-order valence-electron chi connectivity index (χ1n) is 7.72. The summed E-state index contributed by atoms with van der Waals surface area (Å²) in [6, 6.07) is 4.74. The number of carbonyl (C=O) groups is 2. The van der Waals surface area contributed by atoms with E-state index in [-0.39, 0.29) is 17.6 Å². The zero-order valence-corrected chi connectivity index (χ0v) is 13.9. The van der Waals surface area contributed by atoms with Crippen LogP contribution in [0.15, 0.2) is 18.2 Å². The highest BCUT2D eigenvalue weighted by molar-refractivity contribution is 5.88. The Morgan fingerprint density at radius 3 is 2.65 bits per heavy atom. The largest absolute Gasteiger partial charge is 0.496 e. The van der Waals surface area contributed by atoms with Crippen molar-refractivity contribution in [3.05, 3.63) is 29.3 Å². The number of ether oxygens (including phenoxy) is 2. The molecular weight excluding hydrogens is 298 g/mol. The molecule has 0 heterocycles. The Labute approximate surface area is 136 Å². The molecule has 0 fully saturated rings. The number of nitrogens with one attached hydrogen (secondary N) is 1. The average molecular weight is 323 g/mol. The molecule has 0 aliphatic rings. The van der Waals surface area contributed by atoms with Crippen LogP contribution >= 0.6 is 0 Å². The van der Waals surface area contributed by atoms with Crippen LogP contribution in [-0.2, 0) is 16.0 Å². The molecule has 6 heteroatoms. The second-order valence-electron chi connectivity index (χ2n) is 5.45. The van der Waals surface area contributed by atoms with Gasteiger partial charge < -0.3 is 19.9 Å². The number of methoxy groups -OCH3 is 1. The van der Waals surface area contributed by atoms with Gasteiger partial charge in [0.05, 0.1) is 18.8 Å². The molecule has 0 aliphatic carbocycles. The molecule has 23 heavy (non-hydrogen) atoms. The number of hydrogen-bond donors (Lipinski definition) is 2. The Morgan fingerprint density at radius 2 is 2.04 bits per heavy atom. The van der Waals surface area contributed by atoms with Gasteiger partial charge in [-0.15, -0.1) is 0 Å². The fraction of sp³-hybridized carbons (Fsp3) is 0.529. The van der Waals surface area contributed by atoms with Crippen molar-refractivity contribution in [2.24, 2.45) is 0 Å². The summed E-state index contributed by atoms with van der Waals surface area (Å²) >= 11 is 0. The lowest BCUT2D eigenvalue weighted by Crippen LogP contribution is -2.26. The molecule has 1 amide bonds. The molecule has 1 aromatic carbocycles. The Balaban J connectivity index is 2.37. The summed E-state index contributed by atoms with van der Waals surface area (Å²) in [5.41, 5.74) is 1.04. The van der Waals surface area contributed by atoms with Crippen molar-refractivity contribution in [1.82, 2.24) is 5.32 Å². The van der Waals surface area contributed by atoms with Crippen molar-refractivity contribution in [2.45, 2.75) is 39.2 Å². The standard InChI is InChI=1S/C17H25NO5/c1-12(2)23-10-4-5-16(19)18-9-8-13-6-7-14(17(20)21)11-15(13)22-3/h6-7,11-12H,4-5,8-10H2,1-3H3,(H,18,19)(H,20,21). The van der Waals surface area contributed by atoms with Crippen molar-refractivity contribution in [3.8, 4) is 5.75 Å². The molecule has 0 saturated carbocycles. The van der Waals surface area contributed by atoms with Gasteiger partial charge in [-0.2, -0.15) is 0 Å². The predicted molar refractivity (Wildman–Crippen MR) is 87.0 cm³/mol. The van der Waals surface area contributed by atoms with Crippen LogP contribution in [0.1, 0.15) is 42.6 Å². The van der Waals surface area contributed by atoms with E-state index in [4.69, 9.17) is 14.6 Å². The van der Waals surface area contributed by atoms with E-state index in [9.17, 15) is 9.59 Å². The van der Waals surface area contributed by atoms with Crippen LogP contribution in [0.2, 0.25) is 0 Å². The highest BCUT2D eigenvalue weighted by Gasteiger charge is 2.09. The van der Waals surface area contributed by atoms with Crippen LogP contribution in [0.5, 0.6) is 5.75 Å². The van der Waals surface area contributed by atoms with Crippen molar-refractivity contribution in [3.63, 3.8) is 0 Å². The minimum absolute atomic E-state index is 0.0153. The van der Waals surface area contributed by atoms with E-state index < -0.39 is 5.97 Å². The van der Waals surface area contributed by atoms with E-state index in [0.717, 1.165) is 5.56 Å². The molecule has 0 unspecified atom stereocenters. The number of carbonyl (C=O) groups excluding carboxylic acids is 1. The van der Waals surface area contributed by atoms with Crippen LogP contribution in [-0.4, -0.2) is 43.3 Å². The Kier molecular flexibility index (Phi) is 8.11. The second kappa shape index (κ2) is 9.84. The number of benzene rings is 1. The zero-order chi connectivity index (χ0) is 17.2.